The number of rotatable bonds is 12. The van der Waals surface area contributed by atoms with Crippen molar-refractivity contribution in [1.29, 1.82) is 0 Å². The maximum atomic E-state index is 14.8. The van der Waals surface area contributed by atoms with Crippen LogP contribution in [0.3, 0.4) is 0 Å². The quantitative estimate of drug-likeness (QED) is 0.175. The fraction of sp³-hybridized carbons (Fsp3) is 0.333. The van der Waals surface area contributed by atoms with E-state index < -0.39 is 28.2 Å². The van der Waals surface area contributed by atoms with Gasteiger partial charge in [-0.1, -0.05) is 18.2 Å². The number of benzene rings is 2. The zero-order valence-corrected chi connectivity index (χ0v) is 24.4. The molecule has 0 unspecified atom stereocenters. The summed E-state index contributed by atoms with van der Waals surface area (Å²) in [7, 11) is 7.31. The lowest BCUT2D eigenvalue weighted by atomic mass is 9.95. The van der Waals surface area contributed by atoms with Crippen molar-refractivity contribution in [2.75, 3.05) is 62.2 Å². The number of carbonyl (C=O) groups is 1. The van der Waals surface area contributed by atoms with E-state index in [0.717, 1.165) is 18.7 Å². The van der Waals surface area contributed by atoms with E-state index in [4.69, 9.17) is 16.3 Å². The maximum absolute atomic E-state index is 14.8. The summed E-state index contributed by atoms with van der Waals surface area (Å²) in [4.78, 5) is 28.6. The molecule has 0 aliphatic heterocycles. The number of aromatic nitrogens is 3. The van der Waals surface area contributed by atoms with Crippen LogP contribution in [0.2, 0.25) is 5.02 Å². The molecule has 0 aliphatic carbocycles. The van der Waals surface area contributed by atoms with Crippen molar-refractivity contribution >= 4 is 52.2 Å². The Hall–Kier alpha value is -4.07. The third-order valence-electron chi connectivity index (χ3n) is 5.89. The van der Waals surface area contributed by atoms with Gasteiger partial charge in [-0.15, -0.1) is 0 Å². The number of methoxy groups -OCH3 is 1. The first-order chi connectivity index (χ1) is 19.2. The third-order valence-corrected chi connectivity index (χ3v) is 6.24. The summed E-state index contributed by atoms with van der Waals surface area (Å²) in [5.41, 5.74) is -0.501. The monoisotopic (exact) mass is 590 g/mol. The van der Waals surface area contributed by atoms with Crippen LogP contribution in [-0.2, 0) is 10.4 Å². The third kappa shape index (κ3) is 7.78. The Labute approximate surface area is 242 Å². The molecule has 0 aliphatic rings. The molecule has 14 heteroatoms. The van der Waals surface area contributed by atoms with Crippen LogP contribution in [0.25, 0.3) is 0 Å². The molecule has 0 saturated carbocycles. The van der Waals surface area contributed by atoms with Crippen molar-refractivity contribution in [3.63, 3.8) is 0 Å². The van der Waals surface area contributed by atoms with Gasteiger partial charge < -0.3 is 35.6 Å². The number of nitrogens with one attached hydrogen (secondary N) is 3. The highest BCUT2D eigenvalue weighted by atomic mass is 35.5. The van der Waals surface area contributed by atoms with Gasteiger partial charge in [-0.3, -0.25) is 4.79 Å². The van der Waals surface area contributed by atoms with Gasteiger partial charge in [0.05, 0.1) is 35.5 Å². The minimum absolute atomic E-state index is 0.0511. The van der Waals surface area contributed by atoms with Gasteiger partial charge in [0.2, 0.25) is 17.8 Å². The second-order valence-electron chi connectivity index (χ2n) is 9.84. The van der Waals surface area contributed by atoms with Gasteiger partial charge in [-0.2, -0.15) is 4.98 Å². The van der Waals surface area contributed by atoms with Crippen molar-refractivity contribution in [1.82, 2.24) is 19.9 Å². The van der Waals surface area contributed by atoms with Crippen molar-refractivity contribution < 1.29 is 23.4 Å². The zero-order valence-electron chi connectivity index (χ0n) is 23.6. The molecule has 1 heterocycles. The molecule has 1 aromatic heterocycles. The zero-order chi connectivity index (χ0) is 30.5. The van der Waals surface area contributed by atoms with Crippen LogP contribution in [0.4, 0.5) is 43.4 Å². The Morgan fingerprint density at radius 2 is 1.73 bits per heavy atom. The molecule has 1 amide bonds. The molecule has 11 nitrogen and oxygen atoms in total. The first-order valence-corrected chi connectivity index (χ1v) is 12.8. The lowest BCUT2D eigenvalue weighted by molar-refractivity contribution is -0.111. The highest BCUT2D eigenvalue weighted by Gasteiger charge is 2.29. The molecule has 220 valence electrons. The molecule has 0 bridgehead atoms. The number of halogens is 3. The van der Waals surface area contributed by atoms with Crippen LogP contribution in [-0.4, -0.2) is 72.2 Å². The minimum Gasteiger partial charge on any atom is -0.494 e. The van der Waals surface area contributed by atoms with Crippen LogP contribution in [0.1, 0.15) is 19.4 Å². The highest BCUT2D eigenvalue weighted by Crippen LogP contribution is 2.39. The predicted molar refractivity (Wildman–Crippen MR) is 157 cm³/mol. The van der Waals surface area contributed by atoms with E-state index in [9.17, 15) is 18.7 Å². The molecular weight excluding hydrogens is 558 g/mol. The molecule has 0 atom stereocenters. The molecule has 0 fully saturated rings. The maximum Gasteiger partial charge on any atom is 0.247 e. The minimum atomic E-state index is -1.71. The van der Waals surface area contributed by atoms with Crippen molar-refractivity contribution in [2.24, 2.45) is 0 Å². The summed E-state index contributed by atoms with van der Waals surface area (Å²) in [6, 6.07) is 4.36. The number of amides is 1. The smallest absolute Gasteiger partial charge is 0.247 e. The molecule has 3 aromatic rings. The number of aliphatic hydroxyl groups is 1. The summed E-state index contributed by atoms with van der Waals surface area (Å²) in [6.07, 6.45) is 2.34. The summed E-state index contributed by atoms with van der Waals surface area (Å²) >= 11 is 5.73. The number of carbonyl (C=O) groups excluding carboxylic acids is 1. The van der Waals surface area contributed by atoms with E-state index in [-0.39, 0.29) is 23.1 Å². The van der Waals surface area contributed by atoms with Gasteiger partial charge in [-0.25, -0.2) is 18.7 Å². The lowest BCUT2D eigenvalue weighted by Crippen LogP contribution is -2.29. The van der Waals surface area contributed by atoms with Gasteiger partial charge in [-0.05, 0) is 46.2 Å². The molecule has 0 spiro atoms. The predicted octanol–water partition coefficient (Wildman–Crippen LogP) is 4.65. The number of ether oxygens (including phenoxy) is 1. The Morgan fingerprint density at radius 3 is 2.29 bits per heavy atom. The highest BCUT2D eigenvalue weighted by molar-refractivity contribution is 6.31. The average molecular weight is 591 g/mol. The van der Waals surface area contributed by atoms with E-state index in [2.05, 4.69) is 37.5 Å². The van der Waals surface area contributed by atoms with Gasteiger partial charge in [0, 0.05) is 31.8 Å². The van der Waals surface area contributed by atoms with Crippen LogP contribution in [0, 0.1) is 11.6 Å². The molecule has 2 aromatic carbocycles. The Kier molecular flexibility index (Phi) is 10.0. The molecular formula is C27H33ClF2N8O3. The van der Waals surface area contributed by atoms with E-state index >= 15 is 0 Å². The van der Waals surface area contributed by atoms with E-state index in [0.29, 0.717) is 29.4 Å². The van der Waals surface area contributed by atoms with Gasteiger partial charge in [0.25, 0.3) is 0 Å². The SMILES string of the molecule is C=CC(=O)Nc1cc(Nc2ncnc(Nc3cc(F)c(Cl)c(F)c3C(C)(C)O)n2)c(OC)cc1N(C)CCN(C)C. The average Bonchev–Trinajstić information content (AvgIpc) is 2.90. The Bertz CT molecular complexity index is 1430. The summed E-state index contributed by atoms with van der Waals surface area (Å²) in [5.74, 6) is -2.14. The van der Waals surface area contributed by atoms with Crippen LogP contribution in [0.15, 0.2) is 37.2 Å². The van der Waals surface area contributed by atoms with Crippen LogP contribution in [0.5, 0.6) is 5.75 Å². The van der Waals surface area contributed by atoms with Gasteiger partial charge in [0.1, 0.15) is 22.9 Å². The number of nitrogens with zero attached hydrogens (tertiary/aromatic N) is 5. The topological polar surface area (TPSA) is 128 Å². The number of likely N-dealkylation sites (N-methyl/N-ethyl adjacent to an activating group) is 2. The molecule has 0 radical (unpaired) electrons. The van der Waals surface area contributed by atoms with Crippen molar-refractivity contribution in [2.45, 2.75) is 19.4 Å². The fourth-order valence-electron chi connectivity index (χ4n) is 3.86. The van der Waals surface area contributed by atoms with Crippen molar-refractivity contribution in [3.8, 4) is 5.75 Å². The fourth-order valence-corrected chi connectivity index (χ4v) is 4.00. The Balaban J connectivity index is 1.99. The second kappa shape index (κ2) is 13.1. The molecule has 41 heavy (non-hydrogen) atoms. The number of anilines is 6. The van der Waals surface area contributed by atoms with E-state index in [1.165, 1.54) is 27.3 Å². The largest absolute Gasteiger partial charge is 0.494 e. The number of hydrogen-bond donors (Lipinski definition) is 4. The van der Waals surface area contributed by atoms with Crippen molar-refractivity contribution in [3.05, 3.63) is 59.4 Å². The second-order valence-corrected chi connectivity index (χ2v) is 10.2. The standard InChI is InChI=1S/C27H33ClF2N8O3/c1-8-21(39)33-16-12-17(20(41-7)13-19(16)38(6)10-9-37(4)5)34-25-31-14-32-26(36-25)35-18-11-15(29)23(28)24(30)22(18)27(2,3)40/h8,11-14,40H,1,9-10H2,2-7H3,(H,33,39)(H2,31,32,34,35,36). The van der Waals surface area contributed by atoms with Crippen LogP contribution >= 0.6 is 11.6 Å². The first-order valence-electron chi connectivity index (χ1n) is 12.4. The molecule has 4 N–H and O–H groups in total. The van der Waals surface area contributed by atoms with E-state index in [1.54, 1.807) is 12.1 Å². The van der Waals surface area contributed by atoms with E-state index in [1.807, 2.05) is 30.9 Å². The lowest BCUT2D eigenvalue weighted by Gasteiger charge is -2.26. The molecule has 3 rings (SSSR count). The molecule has 0 saturated heterocycles. The van der Waals surface area contributed by atoms with Gasteiger partial charge >= 0.3 is 0 Å². The van der Waals surface area contributed by atoms with Crippen LogP contribution < -0.4 is 25.6 Å². The summed E-state index contributed by atoms with van der Waals surface area (Å²) < 4.78 is 34.7. The Morgan fingerprint density at radius 1 is 1.10 bits per heavy atom. The normalized spacial score (nSPS) is 11.3. The summed E-state index contributed by atoms with van der Waals surface area (Å²) in [6.45, 7) is 7.63. The first kappa shape index (κ1) is 31.5. The number of hydrogen-bond acceptors (Lipinski definition) is 10. The van der Waals surface area contributed by atoms with Gasteiger partial charge in [0.15, 0.2) is 5.82 Å². The summed E-state index contributed by atoms with van der Waals surface area (Å²) in [5, 5.41) is 18.3.